The highest BCUT2D eigenvalue weighted by Crippen LogP contribution is 2.31. The van der Waals surface area contributed by atoms with Crippen LogP contribution < -0.4 is 0 Å². The summed E-state index contributed by atoms with van der Waals surface area (Å²) in [5.74, 6) is 0. The third kappa shape index (κ3) is 2.90. The van der Waals surface area contributed by atoms with Crippen molar-refractivity contribution in [1.29, 1.82) is 0 Å². The van der Waals surface area contributed by atoms with Crippen molar-refractivity contribution in [3.05, 3.63) is 46.5 Å². The number of fused-ring (bicyclic) bond motifs is 1. The monoisotopic (exact) mass is 258 g/mol. The molecule has 0 spiro atoms. The van der Waals surface area contributed by atoms with Crippen LogP contribution in [-0.2, 0) is 18.0 Å². The molecule has 0 saturated heterocycles. The van der Waals surface area contributed by atoms with Crippen molar-refractivity contribution in [2.24, 2.45) is 0 Å². The second kappa shape index (κ2) is 5.89. The molecule has 1 aliphatic carbocycles. The Bertz CT molecular complexity index is 476. The first kappa shape index (κ1) is 12.9. The molecule has 0 fully saturated rings. The highest BCUT2D eigenvalue weighted by Gasteiger charge is 2.17. The summed E-state index contributed by atoms with van der Waals surface area (Å²) in [6, 6.07) is 6.27. The van der Waals surface area contributed by atoms with Gasteiger partial charge < -0.3 is 9.84 Å². The predicted octanol–water partition coefficient (Wildman–Crippen LogP) is 4.03. The zero-order chi connectivity index (χ0) is 13.1. The molecule has 1 atom stereocenters. The summed E-state index contributed by atoms with van der Waals surface area (Å²) >= 11 is 0. The van der Waals surface area contributed by atoms with Gasteiger partial charge in [-0.1, -0.05) is 37.1 Å². The molecule has 2 nitrogen and oxygen atoms in total. The zero-order valence-electron chi connectivity index (χ0n) is 11.4. The summed E-state index contributed by atoms with van der Waals surface area (Å²) in [7, 11) is 0. The van der Waals surface area contributed by atoms with Crippen LogP contribution in [-0.4, -0.2) is 5.11 Å². The van der Waals surface area contributed by atoms with E-state index in [0.29, 0.717) is 13.2 Å². The van der Waals surface area contributed by atoms with Crippen molar-refractivity contribution in [3.8, 4) is 0 Å². The van der Waals surface area contributed by atoms with E-state index in [2.05, 4.69) is 24.3 Å². The van der Waals surface area contributed by atoms with E-state index in [1.165, 1.54) is 42.4 Å². The molecule has 19 heavy (non-hydrogen) atoms. The van der Waals surface area contributed by atoms with Crippen LogP contribution in [0.4, 0.5) is 0 Å². The first-order valence-corrected chi connectivity index (χ1v) is 7.41. The molecular weight excluding hydrogens is 236 g/mol. The maximum absolute atomic E-state index is 10.6. The number of hydrogen-bond donors (Lipinski definition) is 1. The van der Waals surface area contributed by atoms with Crippen molar-refractivity contribution in [1.82, 2.24) is 0 Å². The van der Waals surface area contributed by atoms with Crippen molar-refractivity contribution >= 4 is 0 Å². The number of benzene rings is 1. The molecule has 1 aromatic rings. The molecule has 0 saturated carbocycles. The highest BCUT2D eigenvalue weighted by molar-refractivity contribution is 5.36. The fourth-order valence-corrected chi connectivity index (χ4v) is 3.04. The Morgan fingerprint density at radius 2 is 1.84 bits per heavy atom. The molecule has 1 heterocycles. The Kier molecular flexibility index (Phi) is 4.00. The smallest absolute Gasteiger partial charge is 0.100 e. The van der Waals surface area contributed by atoms with Crippen LogP contribution >= 0.6 is 0 Å². The Morgan fingerprint density at radius 3 is 2.79 bits per heavy atom. The topological polar surface area (TPSA) is 29.5 Å². The molecule has 1 N–H and O–H groups in total. The van der Waals surface area contributed by atoms with Crippen LogP contribution in [0.5, 0.6) is 0 Å². The number of rotatable bonds is 2. The SMILES string of the molecule is OC(/C1=C/CCCCCC1)c1ccc2c(c1)COC2. The van der Waals surface area contributed by atoms with Gasteiger partial charge in [-0.05, 0) is 47.9 Å². The van der Waals surface area contributed by atoms with Crippen LogP contribution in [0, 0.1) is 0 Å². The van der Waals surface area contributed by atoms with Gasteiger partial charge >= 0.3 is 0 Å². The van der Waals surface area contributed by atoms with Crippen LogP contribution in [0.3, 0.4) is 0 Å². The lowest BCUT2D eigenvalue weighted by atomic mass is 9.91. The van der Waals surface area contributed by atoms with Gasteiger partial charge in [0, 0.05) is 0 Å². The summed E-state index contributed by atoms with van der Waals surface area (Å²) in [4.78, 5) is 0. The molecule has 1 aliphatic heterocycles. The first-order valence-electron chi connectivity index (χ1n) is 7.41. The summed E-state index contributed by atoms with van der Waals surface area (Å²) in [5, 5.41) is 10.6. The van der Waals surface area contributed by atoms with Crippen LogP contribution in [0.1, 0.15) is 61.3 Å². The molecule has 102 valence electrons. The standard InChI is InChI=1S/C17H22O2/c18-17(13-6-4-2-1-3-5-7-13)14-8-9-15-11-19-12-16(15)10-14/h6,8-10,17-18H,1-5,7,11-12H2/b13-6+. The lowest BCUT2D eigenvalue weighted by molar-refractivity contribution is 0.134. The number of hydrogen-bond acceptors (Lipinski definition) is 2. The van der Waals surface area contributed by atoms with E-state index in [1.54, 1.807) is 0 Å². The molecular formula is C17H22O2. The number of allylic oxidation sites excluding steroid dienone is 1. The van der Waals surface area contributed by atoms with Gasteiger partial charge in [-0.25, -0.2) is 0 Å². The molecule has 1 aromatic carbocycles. The first-order chi connectivity index (χ1) is 9.34. The normalized spacial score (nSPS) is 23.9. The summed E-state index contributed by atoms with van der Waals surface area (Å²) in [6.45, 7) is 1.41. The Morgan fingerprint density at radius 1 is 1.00 bits per heavy atom. The van der Waals surface area contributed by atoms with Gasteiger partial charge in [0.1, 0.15) is 6.10 Å². The average molecular weight is 258 g/mol. The van der Waals surface area contributed by atoms with E-state index in [9.17, 15) is 5.11 Å². The fraction of sp³-hybridized carbons (Fsp3) is 0.529. The van der Waals surface area contributed by atoms with Crippen molar-refractivity contribution < 1.29 is 9.84 Å². The average Bonchev–Trinajstić information content (AvgIpc) is 2.84. The molecule has 2 aliphatic rings. The summed E-state index contributed by atoms with van der Waals surface area (Å²) in [6.07, 6.45) is 9.07. The van der Waals surface area contributed by atoms with Crippen LogP contribution in [0.15, 0.2) is 29.8 Å². The molecule has 3 rings (SSSR count). The molecule has 0 aromatic heterocycles. The van der Waals surface area contributed by atoms with E-state index in [1.807, 2.05) is 0 Å². The minimum atomic E-state index is -0.427. The van der Waals surface area contributed by atoms with Crippen molar-refractivity contribution in [2.75, 3.05) is 0 Å². The van der Waals surface area contributed by atoms with Crippen LogP contribution in [0.2, 0.25) is 0 Å². The van der Waals surface area contributed by atoms with E-state index < -0.39 is 6.10 Å². The van der Waals surface area contributed by atoms with Gasteiger partial charge in [0.25, 0.3) is 0 Å². The summed E-state index contributed by atoms with van der Waals surface area (Å²) < 4.78 is 5.44. The third-order valence-electron chi connectivity index (χ3n) is 4.24. The van der Waals surface area contributed by atoms with Gasteiger partial charge in [0.15, 0.2) is 0 Å². The lowest BCUT2D eigenvalue weighted by Gasteiger charge is -2.18. The quantitative estimate of drug-likeness (QED) is 0.811. The zero-order valence-corrected chi connectivity index (χ0v) is 11.4. The predicted molar refractivity (Wildman–Crippen MR) is 75.7 cm³/mol. The molecule has 1 unspecified atom stereocenters. The van der Waals surface area contributed by atoms with Gasteiger partial charge in [0.2, 0.25) is 0 Å². The highest BCUT2D eigenvalue weighted by atomic mass is 16.5. The second-order valence-electron chi connectivity index (χ2n) is 5.66. The maximum Gasteiger partial charge on any atom is 0.100 e. The lowest BCUT2D eigenvalue weighted by Crippen LogP contribution is -2.04. The van der Waals surface area contributed by atoms with Crippen molar-refractivity contribution in [2.45, 2.75) is 57.8 Å². The second-order valence-corrected chi connectivity index (χ2v) is 5.66. The maximum atomic E-state index is 10.6. The van der Waals surface area contributed by atoms with Crippen molar-refractivity contribution in [3.63, 3.8) is 0 Å². The van der Waals surface area contributed by atoms with E-state index in [4.69, 9.17) is 4.74 Å². The van der Waals surface area contributed by atoms with Crippen LogP contribution in [0.25, 0.3) is 0 Å². The van der Waals surface area contributed by atoms with E-state index in [0.717, 1.165) is 18.4 Å². The van der Waals surface area contributed by atoms with E-state index >= 15 is 0 Å². The number of aliphatic hydroxyl groups excluding tert-OH is 1. The Hall–Kier alpha value is -1.12. The number of ether oxygens (including phenoxy) is 1. The molecule has 2 heteroatoms. The fourth-order valence-electron chi connectivity index (χ4n) is 3.04. The molecule has 0 radical (unpaired) electrons. The molecule has 0 amide bonds. The Labute approximate surface area is 115 Å². The minimum absolute atomic E-state index is 0.427. The van der Waals surface area contributed by atoms with Gasteiger partial charge in [-0.3, -0.25) is 0 Å². The minimum Gasteiger partial charge on any atom is -0.384 e. The third-order valence-corrected chi connectivity index (χ3v) is 4.24. The van der Waals surface area contributed by atoms with E-state index in [-0.39, 0.29) is 0 Å². The largest absolute Gasteiger partial charge is 0.384 e. The Balaban J connectivity index is 1.80. The van der Waals surface area contributed by atoms with Gasteiger partial charge in [-0.2, -0.15) is 0 Å². The summed E-state index contributed by atoms with van der Waals surface area (Å²) in [5.41, 5.74) is 4.74. The van der Waals surface area contributed by atoms with Gasteiger partial charge in [0.05, 0.1) is 13.2 Å². The molecule has 0 bridgehead atoms. The van der Waals surface area contributed by atoms with Gasteiger partial charge in [-0.15, -0.1) is 0 Å². The number of aliphatic hydroxyl groups is 1.